The molecule has 13 heavy (non-hydrogen) atoms. The third-order valence-electron chi connectivity index (χ3n) is 1.38. The van der Waals surface area contributed by atoms with Crippen LogP contribution in [0.15, 0.2) is 16.9 Å². The molecule has 3 nitrogen and oxygen atoms in total. The van der Waals surface area contributed by atoms with Gasteiger partial charge < -0.3 is 4.98 Å². The van der Waals surface area contributed by atoms with Gasteiger partial charge in [0.2, 0.25) is 5.56 Å². The third kappa shape index (κ3) is 2.12. The molecule has 6 heteroatoms. The average Bonchev–Trinajstić information content (AvgIpc) is 2.03. The van der Waals surface area contributed by atoms with E-state index >= 15 is 0 Å². The van der Waals surface area contributed by atoms with Crippen LogP contribution in [-0.4, -0.2) is 10.2 Å². The molecule has 0 spiro atoms. The number of aromatic nitrogens is 1. The second kappa shape index (κ2) is 3.66. The number of hydrogen-bond acceptors (Lipinski definition) is 2. The van der Waals surface area contributed by atoms with E-state index < -0.39 is 28.5 Å². The van der Waals surface area contributed by atoms with Gasteiger partial charge in [0.15, 0.2) is 0 Å². The van der Waals surface area contributed by atoms with Crippen LogP contribution >= 0.6 is 11.6 Å². The minimum absolute atomic E-state index is 0.552. The van der Waals surface area contributed by atoms with E-state index in [0.717, 1.165) is 12.1 Å². The Balaban J connectivity index is 3.35. The molecule has 1 heterocycles. The number of alkyl halides is 2. The molecule has 0 aliphatic rings. The van der Waals surface area contributed by atoms with Crippen LogP contribution < -0.4 is 5.56 Å². The molecule has 0 unspecified atom stereocenters. The summed E-state index contributed by atoms with van der Waals surface area (Å²) in [5.41, 5.74) is -1.77. The molecule has 0 saturated carbocycles. The average molecular weight is 208 g/mol. The van der Waals surface area contributed by atoms with E-state index in [1.165, 1.54) is 0 Å². The molecular formula is C7H4ClF2NO2. The molecule has 1 rings (SSSR count). The Morgan fingerprint density at radius 2 is 2.08 bits per heavy atom. The summed E-state index contributed by atoms with van der Waals surface area (Å²) in [6.07, 6.45) is -2.84. The maximum Gasteiger partial charge on any atom is 0.269 e. The number of aromatic amines is 1. The lowest BCUT2D eigenvalue weighted by molar-refractivity contribution is 0.106. The Hall–Kier alpha value is -1.23. The van der Waals surface area contributed by atoms with Gasteiger partial charge in [0.05, 0.1) is 0 Å². The van der Waals surface area contributed by atoms with E-state index in [-0.39, 0.29) is 0 Å². The zero-order valence-corrected chi connectivity index (χ0v) is 6.94. The quantitative estimate of drug-likeness (QED) is 0.751. The fraction of sp³-hybridized carbons (Fsp3) is 0.143. The maximum atomic E-state index is 12.2. The molecule has 0 radical (unpaired) electrons. The third-order valence-corrected chi connectivity index (χ3v) is 1.57. The second-order valence-corrected chi connectivity index (χ2v) is 2.57. The number of nitrogens with one attached hydrogen (secondary N) is 1. The van der Waals surface area contributed by atoms with E-state index in [4.69, 9.17) is 11.6 Å². The van der Waals surface area contributed by atoms with Gasteiger partial charge in [-0.05, 0) is 17.7 Å². The predicted octanol–water partition coefficient (Wildman–Crippen LogP) is 1.69. The summed E-state index contributed by atoms with van der Waals surface area (Å²) in [4.78, 5) is 23.2. The molecule has 70 valence electrons. The van der Waals surface area contributed by atoms with Gasteiger partial charge in [-0.1, -0.05) is 0 Å². The molecule has 1 aromatic heterocycles. The first kappa shape index (κ1) is 9.85. The first-order valence-corrected chi connectivity index (χ1v) is 3.61. The number of carbonyl (C=O) groups is 1. The minimum atomic E-state index is -2.84. The van der Waals surface area contributed by atoms with Crippen molar-refractivity contribution >= 4 is 16.8 Å². The van der Waals surface area contributed by atoms with Crippen molar-refractivity contribution in [2.24, 2.45) is 0 Å². The van der Waals surface area contributed by atoms with Gasteiger partial charge in [0.25, 0.3) is 11.7 Å². The summed E-state index contributed by atoms with van der Waals surface area (Å²) < 4.78 is 24.4. The minimum Gasteiger partial charge on any atom is -0.318 e. The number of pyridine rings is 1. The highest BCUT2D eigenvalue weighted by Gasteiger charge is 2.17. The van der Waals surface area contributed by atoms with Crippen LogP contribution in [-0.2, 0) is 0 Å². The Morgan fingerprint density at radius 1 is 1.46 bits per heavy atom. The Labute approximate surface area is 76.3 Å². The standard InChI is InChI=1S/C7H4ClF2NO2/c8-6(13)5-3(7(9)10)1-2-4(12)11-5/h1-2,7H,(H,11,12). The number of H-pyrrole nitrogens is 1. The molecule has 0 fully saturated rings. The van der Waals surface area contributed by atoms with Crippen molar-refractivity contribution in [1.29, 1.82) is 0 Å². The van der Waals surface area contributed by atoms with E-state index in [1.807, 2.05) is 4.98 Å². The molecule has 1 aromatic rings. The lowest BCUT2D eigenvalue weighted by Gasteiger charge is -2.02. The zero-order chi connectivity index (χ0) is 10.0. The number of carbonyl (C=O) groups excluding carboxylic acids is 1. The van der Waals surface area contributed by atoms with Gasteiger partial charge in [0, 0.05) is 11.6 Å². The predicted molar refractivity (Wildman–Crippen MR) is 42.2 cm³/mol. The van der Waals surface area contributed by atoms with E-state index in [0.29, 0.717) is 0 Å². The second-order valence-electron chi connectivity index (χ2n) is 2.23. The van der Waals surface area contributed by atoms with Crippen LogP contribution in [0.4, 0.5) is 8.78 Å². The van der Waals surface area contributed by atoms with Crippen LogP contribution in [0.5, 0.6) is 0 Å². The van der Waals surface area contributed by atoms with Crippen LogP contribution in [0.1, 0.15) is 22.5 Å². The Morgan fingerprint density at radius 3 is 2.54 bits per heavy atom. The number of rotatable bonds is 2. The molecule has 0 aliphatic carbocycles. The number of hydrogen-bond donors (Lipinski definition) is 1. The lowest BCUT2D eigenvalue weighted by atomic mass is 10.2. The first-order chi connectivity index (χ1) is 6.02. The highest BCUT2D eigenvalue weighted by atomic mass is 35.5. The van der Waals surface area contributed by atoms with Crippen molar-refractivity contribution in [1.82, 2.24) is 4.98 Å². The van der Waals surface area contributed by atoms with Crippen molar-refractivity contribution in [3.63, 3.8) is 0 Å². The Kier molecular flexibility index (Phi) is 2.77. The van der Waals surface area contributed by atoms with Crippen LogP contribution in [0, 0.1) is 0 Å². The molecule has 0 bridgehead atoms. The fourth-order valence-corrected chi connectivity index (χ4v) is 0.987. The van der Waals surface area contributed by atoms with Crippen molar-refractivity contribution in [2.45, 2.75) is 6.43 Å². The molecular weight excluding hydrogens is 204 g/mol. The maximum absolute atomic E-state index is 12.2. The molecule has 0 saturated heterocycles. The summed E-state index contributed by atoms with van der Waals surface area (Å²) in [6.45, 7) is 0. The van der Waals surface area contributed by atoms with Gasteiger partial charge in [-0.3, -0.25) is 9.59 Å². The highest BCUT2D eigenvalue weighted by Crippen LogP contribution is 2.21. The van der Waals surface area contributed by atoms with Crippen LogP contribution in [0.2, 0.25) is 0 Å². The SMILES string of the molecule is O=C(Cl)c1[nH]c(=O)ccc1C(F)F. The van der Waals surface area contributed by atoms with E-state index in [9.17, 15) is 18.4 Å². The summed E-state index contributed by atoms with van der Waals surface area (Å²) in [5, 5.41) is -1.10. The van der Waals surface area contributed by atoms with Gasteiger partial charge in [-0.15, -0.1) is 0 Å². The van der Waals surface area contributed by atoms with Gasteiger partial charge in [0.1, 0.15) is 5.69 Å². The van der Waals surface area contributed by atoms with Crippen molar-refractivity contribution in [2.75, 3.05) is 0 Å². The monoisotopic (exact) mass is 207 g/mol. The normalized spacial score (nSPS) is 10.5. The van der Waals surface area contributed by atoms with Gasteiger partial charge >= 0.3 is 0 Å². The zero-order valence-electron chi connectivity index (χ0n) is 6.18. The highest BCUT2D eigenvalue weighted by molar-refractivity contribution is 6.67. The molecule has 0 aliphatic heterocycles. The number of halogens is 3. The lowest BCUT2D eigenvalue weighted by Crippen LogP contribution is -2.12. The first-order valence-electron chi connectivity index (χ1n) is 3.23. The largest absolute Gasteiger partial charge is 0.318 e. The van der Waals surface area contributed by atoms with Crippen LogP contribution in [0.25, 0.3) is 0 Å². The van der Waals surface area contributed by atoms with E-state index in [1.54, 1.807) is 0 Å². The molecule has 0 atom stereocenters. The van der Waals surface area contributed by atoms with Crippen LogP contribution in [0.3, 0.4) is 0 Å². The summed E-state index contributed by atoms with van der Waals surface area (Å²) in [6, 6.07) is 1.78. The fourth-order valence-electron chi connectivity index (χ4n) is 0.830. The van der Waals surface area contributed by atoms with E-state index in [2.05, 4.69) is 0 Å². The van der Waals surface area contributed by atoms with Crippen molar-refractivity contribution in [3.8, 4) is 0 Å². The van der Waals surface area contributed by atoms with Gasteiger partial charge in [-0.25, -0.2) is 8.78 Å². The van der Waals surface area contributed by atoms with Crippen molar-refractivity contribution < 1.29 is 13.6 Å². The summed E-state index contributed by atoms with van der Waals surface area (Å²) >= 11 is 4.98. The molecule has 1 N–H and O–H groups in total. The topological polar surface area (TPSA) is 49.9 Å². The summed E-state index contributed by atoms with van der Waals surface area (Å²) in [5.74, 6) is 0. The summed E-state index contributed by atoms with van der Waals surface area (Å²) in [7, 11) is 0. The Bertz CT molecular complexity index is 388. The van der Waals surface area contributed by atoms with Crippen molar-refractivity contribution in [3.05, 3.63) is 33.7 Å². The molecule has 0 amide bonds. The molecule has 0 aromatic carbocycles. The smallest absolute Gasteiger partial charge is 0.269 e. The van der Waals surface area contributed by atoms with Gasteiger partial charge in [-0.2, -0.15) is 0 Å².